The van der Waals surface area contributed by atoms with Crippen molar-refractivity contribution in [3.05, 3.63) is 23.3 Å². The molecule has 0 aliphatic rings. The van der Waals surface area contributed by atoms with Crippen molar-refractivity contribution in [3.63, 3.8) is 0 Å². The highest BCUT2D eigenvalue weighted by molar-refractivity contribution is 5.70. The Morgan fingerprint density at radius 2 is 2.00 bits per heavy atom. The molecule has 2 atom stereocenters. The molecule has 0 saturated carbocycles. The first-order chi connectivity index (χ1) is 8.41. The Bertz CT molecular complexity index is 605. The molecule has 18 heavy (non-hydrogen) atoms. The molecule has 96 valence electrons. The van der Waals surface area contributed by atoms with Crippen LogP contribution >= 0.6 is 0 Å². The molecule has 2 heterocycles. The third-order valence-electron chi connectivity index (χ3n) is 3.26. The summed E-state index contributed by atoms with van der Waals surface area (Å²) in [5.41, 5.74) is 1.83. The Labute approximate surface area is 105 Å². The summed E-state index contributed by atoms with van der Waals surface area (Å²) in [7, 11) is 0. The predicted octanol–water partition coefficient (Wildman–Crippen LogP) is 1.57. The lowest BCUT2D eigenvalue weighted by Gasteiger charge is -2.14. The van der Waals surface area contributed by atoms with Crippen LogP contribution in [0.1, 0.15) is 37.0 Å². The second-order valence-corrected chi connectivity index (χ2v) is 4.65. The van der Waals surface area contributed by atoms with Crippen LogP contribution in [0.25, 0.3) is 5.78 Å². The largest absolute Gasteiger partial charge is 0.481 e. The molecular weight excluding hydrogens is 232 g/mol. The zero-order valence-electron chi connectivity index (χ0n) is 10.9. The van der Waals surface area contributed by atoms with Gasteiger partial charge in [0.1, 0.15) is 5.82 Å². The summed E-state index contributed by atoms with van der Waals surface area (Å²) in [6, 6.07) is 1.93. The average Bonchev–Trinajstić information content (AvgIpc) is 2.70. The van der Waals surface area contributed by atoms with Crippen LogP contribution in [-0.4, -0.2) is 30.7 Å². The highest BCUT2D eigenvalue weighted by Crippen LogP contribution is 2.23. The Balaban J connectivity index is 2.56. The Morgan fingerprint density at radius 3 is 2.61 bits per heavy atom. The number of fused-ring (bicyclic) bond motifs is 1. The van der Waals surface area contributed by atoms with Gasteiger partial charge >= 0.3 is 5.97 Å². The standard InChI is InChI=1S/C12H16N4O2/c1-6-5-7(2)16-10(14-15-12(16)13-6)8(3)9(4)11(17)18/h5,8-9H,1-4H3,(H,17,18). The van der Waals surface area contributed by atoms with Gasteiger partial charge in [0.15, 0.2) is 0 Å². The molecule has 0 aromatic carbocycles. The Morgan fingerprint density at radius 1 is 1.33 bits per heavy atom. The quantitative estimate of drug-likeness (QED) is 0.891. The van der Waals surface area contributed by atoms with Gasteiger partial charge in [0.2, 0.25) is 0 Å². The maximum Gasteiger partial charge on any atom is 0.306 e. The Kier molecular flexibility index (Phi) is 3.02. The van der Waals surface area contributed by atoms with E-state index in [4.69, 9.17) is 5.11 Å². The fourth-order valence-electron chi connectivity index (χ4n) is 1.99. The van der Waals surface area contributed by atoms with Crippen LogP contribution in [0.5, 0.6) is 0 Å². The van der Waals surface area contributed by atoms with Gasteiger partial charge in [-0.05, 0) is 19.9 Å². The maximum atomic E-state index is 11.0. The number of nitrogens with zero attached hydrogens (tertiary/aromatic N) is 4. The van der Waals surface area contributed by atoms with Crippen LogP contribution in [0.4, 0.5) is 0 Å². The summed E-state index contributed by atoms with van der Waals surface area (Å²) >= 11 is 0. The molecule has 0 radical (unpaired) electrons. The molecule has 6 heteroatoms. The van der Waals surface area contributed by atoms with E-state index in [1.807, 2.05) is 31.2 Å². The minimum atomic E-state index is -0.836. The van der Waals surface area contributed by atoms with Gasteiger partial charge in [0.05, 0.1) is 5.92 Å². The first kappa shape index (κ1) is 12.5. The summed E-state index contributed by atoms with van der Waals surface area (Å²) in [5.74, 6) is -0.410. The molecule has 2 aromatic rings. The van der Waals surface area contributed by atoms with Gasteiger partial charge in [-0.3, -0.25) is 9.20 Å². The summed E-state index contributed by atoms with van der Waals surface area (Å²) in [6.07, 6.45) is 0. The van der Waals surface area contributed by atoms with Crippen LogP contribution in [0.2, 0.25) is 0 Å². The fourth-order valence-corrected chi connectivity index (χ4v) is 1.99. The smallest absolute Gasteiger partial charge is 0.306 e. The number of carbonyl (C=O) groups is 1. The molecule has 0 aliphatic heterocycles. The summed E-state index contributed by atoms with van der Waals surface area (Å²) in [4.78, 5) is 15.3. The van der Waals surface area contributed by atoms with E-state index in [-0.39, 0.29) is 5.92 Å². The third kappa shape index (κ3) is 1.94. The summed E-state index contributed by atoms with van der Waals surface area (Å²) in [6.45, 7) is 7.34. The summed E-state index contributed by atoms with van der Waals surface area (Å²) < 4.78 is 1.82. The van der Waals surface area contributed by atoms with Gasteiger partial charge in [-0.25, -0.2) is 4.98 Å². The van der Waals surface area contributed by atoms with E-state index in [0.717, 1.165) is 11.4 Å². The molecule has 0 bridgehead atoms. The molecule has 2 rings (SSSR count). The van der Waals surface area contributed by atoms with E-state index in [9.17, 15) is 4.79 Å². The molecule has 0 aliphatic carbocycles. The van der Waals surface area contributed by atoms with Crippen molar-refractivity contribution in [3.8, 4) is 0 Å². The highest BCUT2D eigenvalue weighted by Gasteiger charge is 2.26. The van der Waals surface area contributed by atoms with E-state index < -0.39 is 11.9 Å². The topological polar surface area (TPSA) is 80.4 Å². The van der Waals surface area contributed by atoms with Crippen molar-refractivity contribution in [2.24, 2.45) is 5.92 Å². The number of hydrogen-bond acceptors (Lipinski definition) is 4. The zero-order valence-corrected chi connectivity index (χ0v) is 10.9. The molecule has 0 saturated heterocycles. The number of hydrogen-bond donors (Lipinski definition) is 1. The predicted molar refractivity (Wildman–Crippen MR) is 65.5 cm³/mol. The van der Waals surface area contributed by atoms with Gasteiger partial charge in [-0.1, -0.05) is 13.8 Å². The third-order valence-corrected chi connectivity index (χ3v) is 3.26. The van der Waals surface area contributed by atoms with Crippen molar-refractivity contribution in [2.75, 3.05) is 0 Å². The van der Waals surface area contributed by atoms with Crippen molar-refractivity contribution in [1.82, 2.24) is 19.6 Å². The second kappa shape index (κ2) is 4.36. The highest BCUT2D eigenvalue weighted by atomic mass is 16.4. The van der Waals surface area contributed by atoms with Crippen LogP contribution in [0.3, 0.4) is 0 Å². The van der Waals surface area contributed by atoms with E-state index in [2.05, 4.69) is 15.2 Å². The van der Waals surface area contributed by atoms with Gasteiger partial charge in [0, 0.05) is 17.3 Å². The molecular formula is C12H16N4O2. The number of aromatic nitrogens is 4. The van der Waals surface area contributed by atoms with Crippen LogP contribution in [0, 0.1) is 19.8 Å². The van der Waals surface area contributed by atoms with Gasteiger partial charge in [0.25, 0.3) is 5.78 Å². The van der Waals surface area contributed by atoms with Crippen molar-refractivity contribution < 1.29 is 9.90 Å². The first-order valence-corrected chi connectivity index (χ1v) is 5.84. The Hall–Kier alpha value is -1.98. The monoisotopic (exact) mass is 248 g/mol. The number of carboxylic acid groups (broad SMARTS) is 1. The molecule has 6 nitrogen and oxygen atoms in total. The second-order valence-electron chi connectivity index (χ2n) is 4.65. The molecule has 0 fully saturated rings. The van der Waals surface area contributed by atoms with Gasteiger partial charge < -0.3 is 5.11 Å². The van der Waals surface area contributed by atoms with Gasteiger partial charge in [-0.15, -0.1) is 10.2 Å². The lowest BCUT2D eigenvalue weighted by Crippen LogP contribution is -2.19. The molecule has 1 N–H and O–H groups in total. The number of aryl methyl sites for hydroxylation is 2. The lowest BCUT2D eigenvalue weighted by atomic mass is 9.95. The summed E-state index contributed by atoms with van der Waals surface area (Å²) in [5, 5.41) is 17.2. The molecule has 0 amide bonds. The number of aliphatic carboxylic acids is 1. The van der Waals surface area contributed by atoms with Crippen molar-refractivity contribution >= 4 is 11.7 Å². The SMILES string of the molecule is Cc1cc(C)n2c(C(C)C(C)C(=O)O)nnc2n1. The van der Waals surface area contributed by atoms with E-state index in [1.165, 1.54) is 0 Å². The van der Waals surface area contributed by atoms with Crippen LogP contribution in [0.15, 0.2) is 6.07 Å². The van der Waals surface area contributed by atoms with Gasteiger partial charge in [-0.2, -0.15) is 0 Å². The minimum absolute atomic E-state index is 0.222. The molecule has 0 spiro atoms. The molecule has 2 unspecified atom stereocenters. The number of rotatable bonds is 3. The lowest BCUT2D eigenvalue weighted by molar-refractivity contribution is -0.141. The van der Waals surface area contributed by atoms with E-state index in [0.29, 0.717) is 11.6 Å². The number of carboxylic acids is 1. The first-order valence-electron chi connectivity index (χ1n) is 5.84. The average molecular weight is 248 g/mol. The van der Waals surface area contributed by atoms with E-state index in [1.54, 1.807) is 6.92 Å². The van der Waals surface area contributed by atoms with E-state index >= 15 is 0 Å². The fraction of sp³-hybridized carbons (Fsp3) is 0.500. The van der Waals surface area contributed by atoms with Crippen molar-refractivity contribution in [1.29, 1.82) is 0 Å². The normalized spacial score (nSPS) is 14.7. The van der Waals surface area contributed by atoms with Crippen molar-refractivity contribution in [2.45, 2.75) is 33.6 Å². The van der Waals surface area contributed by atoms with Crippen LogP contribution < -0.4 is 0 Å². The maximum absolute atomic E-state index is 11.0. The zero-order chi connectivity index (χ0) is 13.4. The van der Waals surface area contributed by atoms with Crippen LogP contribution in [-0.2, 0) is 4.79 Å². The minimum Gasteiger partial charge on any atom is -0.481 e. The molecule has 2 aromatic heterocycles.